The van der Waals surface area contributed by atoms with E-state index in [9.17, 15) is 0 Å². The molecule has 8 heteroatoms. The first kappa shape index (κ1) is 16.4. The maximum Gasteiger partial charge on any atom is 0.186 e. The average Bonchev–Trinajstić information content (AvgIpc) is 3.25. The summed E-state index contributed by atoms with van der Waals surface area (Å²) in [4.78, 5) is 9.49. The Bertz CT molecular complexity index is 671. The van der Waals surface area contributed by atoms with Gasteiger partial charge in [0.15, 0.2) is 10.2 Å². The molecule has 0 unspecified atom stereocenters. The summed E-state index contributed by atoms with van der Waals surface area (Å²) >= 11 is 8.43. The molecule has 0 radical (unpaired) electrons. The summed E-state index contributed by atoms with van der Waals surface area (Å²) in [6, 6.07) is 4.15. The van der Waals surface area contributed by atoms with Crippen molar-refractivity contribution in [2.45, 2.75) is 19.3 Å². The van der Waals surface area contributed by atoms with Crippen molar-refractivity contribution in [1.82, 2.24) is 15.7 Å². The lowest BCUT2D eigenvalue weighted by Gasteiger charge is -2.25. The van der Waals surface area contributed by atoms with E-state index in [1.807, 2.05) is 6.21 Å². The van der Waals surface area contributed by atoms with E-state index in [0.29, 0.717) is 5.11 Å². The van der Waals surface area contributed by atoms with Gasteiger partial charge in [-0.05, 0) is 42.9 Å². The number of nitrogens with zero attached hydrogens (tertiary/aromatic N) is 3. The average molecular weight is 366 g/mol. The molecule has 2 N–H and O–H groups in total. The van der Waals surface area contributed by atoms with E-state index in [2.05, 4.69) is 38.3 Å². The molecule has 3 rings (SSSR count). The van der Waals surface area contributed by atoms with Crippen molar-refractivity contribution in [3.8, 4) is 10.6 Å². The van der Waals surface area contributed by atoms with Crippen LogP contribution in [0.25, 0.3) is 10.6 Å². The molecular formula is C15H19N5S3. The van der Waals surface area contributed by atoms with Crippen molar-refractivity contribution in [3.05, 3.63) is 22.4 Å². The van der Waals surface area contributed by atoms with Gasteiger partial charge in [-0.15, -0.1) is 11.3 Å². The lowest BCUT2D eigenvalue weighted by Crippen LogP contribution is -2.29. The molecule has 0 aliphatic carbocycles. The maximum atomic E-state index is 5.04. The van der Waals surface area contributed by atoms with Crippen LogP contribution < -0.4 is 15.6 Å². The second-order valence-corrected chi connectivity index (χ2v) is 7.55. The molecule has 122 valence electrons. The fraction of sp³-hybridized carbons (Fsp3) is 0.400. The highest BCUT2D eigenvalue weighted by Gasteiger charge is 2.19. The monoisotopic (exact) mass is 365 g/mol. The van der Waals surface area contributed by atoms with Crippen LogP contribution in [0, 0.1) is 0 Å². The standard InChI is InChI=1S/C15H19N5S3/c1-16-14(21)19-17-10-12-13(11-6-5-9-22-11)18-15(23-12)20-7-3-2-4-8-20/h5-6,9-10H,2-4,7-8H2,1H3,(H2,16,19,21)/b17-10-. The smallest absolute Gasteiger partial charge is 0.186 e. The molecule has 23 heavy (non-hydrogen) atoms. The highest BCUT2D eigenvalue weighted by atomic mass is 32.1. The normalized spacial score (nSPS) is 15.1. The predicted octanol–water partition coefficient (Wildman–Crippen LogP) is 3.29. The zero-order valence-electron chi connectivity index (χ0n) is 12.9. The Morgan fingerprint density at radius 3 is 2.91 bits per heavy atom. The molecule has 1 aliphatic rings. The van der Waals surface area contributed by atoms with Gasteiger partial charge in [-0.2, -0.15) is 5.10 Å². The Kier molecular flexibility index (Phi) is 5.58. The van der Waals surface area contributed by atoms with Crippen LogP contribution in [-0.2, 0) is 0 Å². The van der Waals surface area contributed by atoms with Crippen LogP contribution in [0.1, 0.15) is 24.1 Å². The highest BCUT2D eigenvalue weighted by molar-refractivity contribution is 7.80. The van der Waals surface area contributed by atoms with E-state index in [1.165, 1.54) is 24.1 Å². The van der Waals surface area contributed by atoms with E-state index in [4.69, 9.17) is 17.2 Å². The third-order valence-electron chi connectivity index (χ3n) is 3.60. The molecule has 3 heterocycles. The molecule has 0 spiro atoms. The van der Waals surface area contributed by atoms with Gasteiger partial charge in [-0.25, -0.2) is 4.98 Å². The van der Waals surface area contributed by atoms with E-state index < -0.39 is 0 Å². The van der Waals surface area contributed by atoms with E-state index in [1.54, 1.807) is 29.7 Å². The Morgan fingerprint density at radius 1 is 1.39 bits per heavy atom. The molecule has 0 atom stereocenters. The fourth-order valence-electron chi connectivity index (χ4n) is 2.42. The van der Waals surface area contributed by atoms with Gasteiger partial charge < -0.3 is 10.2 Å². The zero-order valence-corrected chi connectivity index (χ0v) is 15.4. The number of hydrazone groups is 1. The first-order valence-corrected chi connectivity index (χ1v) is 9.69. The van der Waals surface area contributed by atoms with Crippen LogP contribution in [0.5, 0.6) is 0 Å². The Hall–Kier alpha value is -1.51. The SMILES string of the molecule is CNC(=S)N/N=C\c1sc(N2CCCCC2)nc1-c1cccs1. The minimum absolute atomic E-state index is 0.500. The number of thiocarbonyl (C=S) groups is 1. The van der Waals surface area contributed by atoms with Gasteiger partial charge in [0.2, 0.25) is 0 Å². The Balaban J connectivity index is 1.86. The fourth-order valence-corrected chi connectivity index (χ4v) is 4.27. The zero-order chi connectivity index (χ0) is 16.1. The summed E-state index contributed by atoms with van der Waals surface area (Å²) in [5.41, 5.74) is 3.81. The molecule has 5 nitrogen and oxygen atoms in total. The maximum absolute atomic E-state index is 5.04. The number of anilines is 1. The Labute approximate surface area is 149 Å². The minimum Gasteiger partial charge on any atom is -0.364 e. The summed E-state index contributed by atoms with van der Waals surface area (Å²) in [6.07, 6.45) is 5.62. The van der Waals surface area contributed by atoms with Crippen molar-refractivity contribution in [2.24, 2.45) is 5.10 Å². The number of hydrogen-bond acceptors (Lipinski definition) is 6. The van der Waals surface area contributed by atoms with Gasteiger partial charge in [0.25, 0.3) is 0 Å². The van der Waals surface area contributed by atoms with Crippen LogP contribution in [0.4, 0.5) is 5.13 Å². The van der Waals surface area contributed by atoms with E-state index in [0.717, 1.165) is 28.8 Å². The molecule has 2 aromatic heterocycles. The van der Waals surface area contributed by atoms with Gasteiger partial charge in [-0.3, -0.25) is 5.43 Å². The molecule has 1 fully saturated rings. The summed E-state index contributed by atoms with van der Waals surface area (Å²) in [5.74, 6) is 0. The van der Waals surface area contributed by atoms with Gasteiger partial charge >= 0.3 is 0 Å². The van der Waals surface area contributed by atoms with Crippen LogP contribution in [-0.4, -0.2) is 36.4 Å². The largest absolute Gasteiger partial charge is 0.364 e. The van der Waals surface area contributed by atoms with E-state index >= 15 is 0 Å². The van der Waals surface area contributed by atoms with Gasteiger partial charge in [0.1, 0.15) is 5.69 Å². The number of nitrogens with one attached hydrogen (secondary N) is 2. The van der Waals surface area contributed by atoms with Gasteiger partial charge in [-0.1, -0.05) is 17.4 Å². The molecule has 0 aromatic carbocycles. The van der Waals surface area contributed by atoms with E-state index in [-0.39, 0.29) is 0 Å². The number of aromatic nitrogens is 1. The minimum atomic E-state index is 0.500. The van der Waals surface area contributed by atoms with Crippen molar-refractivity contribution in [1.29, 1.82) is 0 Å². The first-order chi connectivity index (χ1) is 11.3. The number of hydrogen-bond donors (Lipinski definition) is 2. The van der Waals surface area contributed by atoms with Crippen molar-refractivity contribution in [2.75, 3.05) is 25.0 Å². The van der Waals surface area contributed by atoms with Crippen molar-refractivity contribution >= 4 is 51.4 Å². The molecular weight excluding hydrogens is 346 g/mol. The topological polar surface area (TPSA) is 52.6 Å². The number of piperidine rings is 1. The van der Waals surface area contributed by atoms with Gasteiger partial charge in [0, 0.05) is 20.1 Å². The molecule has 0 saturated carbocycles. The number of thiazole rings is 1. The number of rotatable bonds is 4. The van der Waals surface area contributed by atoms with Crippen molar-refractivity contribution in [3.63, 3.8) is 0 Å². The summed E-state index contributed by atoms with van der Waals surface area (Å²) in [7, 11) is 1.77. The van der Waals surface area contributed by atoms with Gasteiger partial charge in [0.05, 0.1) is 16.0 Å². The third kappa shape index (κ3) is 4.07. The van der Waals surface area contributed by atoms with Crippen LogP contribution in [0.15, 0.2) is 22.6 Å². The molecule has 1 saturated heterocycles. The second-order valence-electron chi connectivity index (χ2n) is 5.18. The Morgan fingerprint density at radius 2 is 2.22 bits per heavy atom. The molecule has 0 bridgehead atoms. The van der Waals surface area contributed by atoms with Crippen LogP contribution >= 0.6 is 34.9 Å². The predicted molar refractivity (Wildman–Crippen MR) is 104 cm³/mol. The van der Waals surface area contributed by atoms with Crippen LogP contribution in [0.3, 0.4) is 0 Å². The van der Waals surface area contributed by atoms with Crippen LogP contribution in [0.2, 0.25) is 0 Å². The first-order valence-electron chi connectivity index (χ1n) is 7.58. The molecule has 0 amide bonds. The quantitative estimate of drug-likeness (QED) is 0.495. The number of thiophene rings is 1. The third-order valence-corrected chi connectivity index (χ3v) is 5.82. The van der Waals surface area contributed by atoms with Crippen molar-refractivity contribution < 1.29 is 0 Å². The summed E-state index contributed by atoms with van der Waals surface area (Å²) in [5, 5.41) is 10.7. The lowest BCUT2D eigenvalue weighted by molar-refractivity contribution is 0.577. The molecule has 2 aromatic rings. The lowest BCUT2D eigenvalue weighted by atomic mass is 10.1. The molecule has 1 aliphatic heterocycles. The summed E-state index contributed by atoms with van der Waals surface area (Å²) in [6.45, 7) is 2.19. The highest BCUT2D eigenvalue weighted by Crippen LogP contribution is 2.35. The second kappa shape index (κ2) is 7.85. The summed E-state index contributed by atoms with van der Waals surface area (Å²) < 4.78 is 0.